The molecule has 0 saturated heterocycles. The van der Waals surface area contributed by atoms with Crippen LogP contribution in [-0.4, -0.2) is 17.4 Å². The number of nitrogens with zero attached hydrogens (tertiary/aromatic N) is 1. The maximum atomic E-state index is 11.1. The number of hydrogen-bond acceptors (Lipinski definition) is 2. The topological polar surface area (TPSA) is 20.3 Å². The molecule has 1 amide bonds. The first-order chi connectivity index (χ1) is 5.77. The molecule has 0 spiro atoms. The number of carbonyl (C=O) groups excluding carboxylic acids is 1. The molecule has 3 heteroatoms. The molecule has 1 aliphatic rings. The van der Waals surface area contributed by atoms with Crippen LogP contribution in [-0.2, 0) is 17.8 Å². The van der Waals surface area contributed by atoms with Crippen molar-refractivity contribution >= 4 is 17.2 Å². The Hall–Kier alpha value is -0.830. The van der Waals surface area contributed by atoms with Crippen molar-refractivity contribution in [3.8, 4) is 0 Å². The number of carbonyl (C=O) groups is 1. The van der Waals surface area contributed by atoms with Gasteiger partial charge in [0.05, 0.1) is 6.54 Å². The molecule has 0 bridgehead atoms. The van der Waals surface area contributed by atoms with Crippen molar-refractivity contribution in [1.29, 1.82) is 0 Å². The van der Waals surface area contributed by atoms with Gasteiger partial charge in [-0.2, -0.15) is 0 Å². The molecule has 1 aromatic heterocycles. The highest BCUT2D eigenvalue weighted by molar-refractivity contribution is 7.10. The Labute approximate surface area is 75.8 Å². The molecule has 0 fully saturated rings. The Balaban J connectivity index is 2.20. The van der Waals surface area contributed by atoms with Gasteiger partial charge in [-0.05, 0) is 23.4 Å². The molecule has 0 N–H and O–H groups in total. The molecule has 2 rings (SSSR count). The number of fused-ring (bicyclic) bond motifs is 1. The molecule has 0 saturated carbocycles. The Morgan fingerprint density at radius 2 is 2.50 bits per heavy atom. The smallest absolute Gasteiger partial charge is 0.219 e. The normalized spacial score (nSPS) is 15.9. The van der Waals surface area contributed by atoms with E-state index in [9.17, 15) is 4.79 Å². The Bertz CT molecular complexity index is 305. The van der Waals surface area contributed by atoms with Crippen LogP contribution in [0.5, 0.6) is 0 Å². The Morgan fingerprint density at radius 1 is 1.67 bits per heavy atom. The molecule has 0 radical (unpaired) electrons. The van der Waals surface area contributed by atoms with Crippen LogP contribution in [0.3, 0.4) is 0 Å². The fourth-order valence-corrected chi connectivity index (χ4v) is 2.45. The van der Waals surface area contributed by atoms with E-state index in [2.05, 4.69) is 11.4 Å². The van der Waals surface area contributed by atoms with Crippen LogP contribution in [0.25, 0.3) is 0 Å². The van der Waals surface area contributed by atoms with Crippen molar-refractivity contribution in [3.63, 3.8) is 0 Å². The van der Waals surface area contributed by atoms with Crippen molar-refractivity contribution in [1.82, 2.24) is 4.90 Å². The van der Waals surface area contributed by atoms with Crippen LogP contribution in [0.15, 0.2) is 11.4 Å². The predicted octanol–water partition coefficient (Wildman–Crippen LogP) is 1.65. The summed E-state index contributed by atoms with van der Waals surface area (Å²) in [5.74, 6) is 0.189. The summed E-state index contributed by atoms with van der Waals surface area (Å²) in [6.07, 6.45) is 1.03. The molecule has 0 aromatic carbocycles. The maximum Gasteiger partial charge on any atom is 0.219 e. The molecule has 0 aliphatic carbocycles. The van der Waals surface area contributed by atoms with Crippen molar-refractivity contribution < 1.29 is 4.79 Å². The summed E-state index contributed by atoms with van der Waals surface area (Å²) >= 11 is 1.75. The van der Waals surface area contributed by atoms with Gasteiger partial charge in [-0.25, -0.2) is 0 Å². The Morgan fingerprint density at radius 3 is 3.25 bits per heavy atom. The summed E-state index contributed by atoms with van der Waals surface area (Å²) in [6.45, 7) is 3.35. The lowest BCUT2D eigenvalue weighted by molar-refractivity contribution is -0.129. The zero-order chi connectivity index (χ0) is 8.55. The van der Waals surface area contributed by atoms with Crippen LogP contribution in [0.4, 0.5) is 0 Å². The molecule has 64 valence electrons. The summed E-state index contributed by atoms with van der Waals surface area (Å²) in [5.41, 5.74) is 1.43. The first-order valence-corrected chi connectivity index (χ1v) is 4.96. The second-order valence-corrected chi connectivity index (χ2v) is 4.06. The van der Waals surface area contributed by atoms with Gasteiger partial charge in [0.1, 0.15) is 0 Å². The standard InChI is InChI=1S/C9H11NOS/c1-7(11)10-4-2-8-3-5-12-9(8)6-10/h3,5H,2,4,6H2,1H3. The van der Waals surface area contributed by atoms with Crippen molar-refractivity contribution in [2.75, 3.05) is 6.54 Å². The third kappa shape index (κ3) is 1.25. The van der Waals surface area contributed by atoms with Crippen molar-refractivity contribution in [3.05, 3.63) is 21.9 Å². The van der Waals surface area contributed by atoms with Crippen molar-refractivity contribution in [2.45, 2.75) is 19.9 Å². The van der Waals surface area contributed by atoms with Crippen molar-refractivity contribution in [2.24, 2.45) is 0 Å². The van der Waals surface area contributed by atoms with Gasteiger partial charge in [-0.3, -0.25) is 4.79 Å². The molecular formula is C9H11NOS. The maximum absolute atomic E-state index is 11.1. The molecular weight excluding hydrogens is 170 g/mol. The predicted molar refractivity (Wildman–Crippen MR) is 49.1 cm³/mol. The number of rotatable bonds is 0. The highest BCUT2D eigenvalue weighted by Crippen LogP contribution is 2.23. The lowest BCUT2D eigenvalue weighted by Crippen LogP contribution is -2.33. The van der Waals surface area contributed by atoms with E-state index in [-0.39, 0.29) is 5.91 Å². The molecule has 0 atom stereocenters. The minimum Gasteiger partial charge on any atom is -0.337 e. The van der Waals surface area contributed by atoms with E-state index in [1.54, 1.807) is 18.3 Å². The quantitative estimate of drug-likeness (QED) is 0.596. The van der Waals surface area contributed by atoms with Crippen LogP contribution in [0, 0.1) is 0 Å². The van der Waals surface area contributed by atoms with Crippen LogP contribution in [0.1, 0.15) is 17.4 Å². The summed E-state index contributed by atoms with van der Waals surface area (Å²) in [5, 5.41) is 2.11. The van der Waals surface area contributed by atoms with Gasteiger partial charge < -0.3 is 4.90 Å². The summed E-state index contributed by atoms with van der Waals surface area (Å²) < 4.78 is 0. The van der Waals surface area contributed by atoms with Gasteiger partial charge in [0.25, 0.3) is 0 Å². The average molecular weight is 181 g/mol. The monoisotopic (exact) mass is 181 g/mol. The molecule has 1 aromatic rings. The first-order valence-electron chi connectivity index (χ1n) is 4.08. The van der Waals surface area contributed by atoms with E-state index >= 15 is 0 Å². The largest absolute Gasteiger partial charge is 0.337 e. The summed E-state index contributed by atoms with van der Waals surface area (Å²) in [4.78, 5) is 14.3. The average Bonchev–Trinajstić information content (AvgIpc) is 2.49. The summed E-state index contributed by atoms with van der Waals surface area (Å²) in [7, 11) is 0. The third-order valence-corrected chi connectivity index (χ3v) is 3.22. The second-order valence-electron chi connectivity index (χ2n) is 3.06. The zero-order valence-corrected chi connectivity index (χ0v) is 7.86. The van der Waals surface area contributed by atoms with E-state index < -0.39 is 0 Å². The Kier molecular flexibility index (Phi) is 1.89. The minimum atomic E-state index is 0.189. The van der Waals surface area contributed by atoms with E-state index in [1.165, 1.54) is 10.4 Å². The van der Waals surface area contributed by atoms with Gasteiger partial charge in [0, 0.05) is 18.3 Å². The van der Waals surface area contributed by atoms with Gasteiger partial charge in [-0.15, -0.1) is 11.3 Å². The molecule has 1 aliphatic heterocycles. The molecule has 2 nitrogen and oxygen atoms in total. The van der Waals surface area contributed by atoms with Crippen LogP contribution < -0.4 is 0 Å². The SMILES string of the molecule is CC(=O)N1CCc2ccsc2C1. The zero-order valence-electron chi connectivity index (χ0n) is 7.04. The number of thiophene rings is 1. The highest BCUT2D eigenvalue weighted by Gasteiger charge is 2.18. The molecule has 12 heavy (non-hydrogen) atoms. The lowest BCUT2D eigenvalue weighted by Gasteiger charge is -2.25. The molecule has 0 unspecified atom stereocenters. The van der Waals surface area contributed by atoms with Gasteiger partial charge >= 0.3 is 0 Å². The van der Waals surface area contributed by atoms with E-state index in [0.717, 1.165) is 19.5 Å². The van der Waals surface area contributed by atoms with E-state index in [0.29, 0.717) is 0 Å². The van der Waals surface area contributed by atoms with Gasteiger partial charge in [0.15, 0.2) is 0 Å². The van der Waals surface area contributed by atoms with Crippen LogP contribution >= 0.6 is 11.3 Å². The van der Waals surface area contributed by atoms with E-state index in [1.807, 2.05) is 4.90 Å². The lowest BCUT2D eigenvalue weighted by atomic mass is 10.1. The first kappa shape index (κ1) is 7.80. The summed E-state index contributed by atoms with van der Waals surface area (Å²) in [6, 6.07) is 2.16. The number of amides is 1. The fraction of sp³-hybridized carbons (Fsp3) is 0.444. The van der Waals surface area contributed by atoms with Gasteiger partial charge in [0.2, 0.25) is 5.91 Å². The minimum absolute atomic E-state index is 0.189. The second kappa shape index (κ2) is 2.90. The number of hydrogen-bond donors (Lipinski definition) is 0. The molecule has 2 heterocycles. The highest BCUT2D eigenvalue weighted by atomic mass is 32.1. The van der Waals surface area contributed by atoms with Crippen LogP contribution in [0.2, 0.25) is 0 Å². The van der Waals surface area contributed by atoms with Gasteiger partial charge in [-0.1, -0.05) is 0 Å². The fourth-order valence-electron chi connectivity index (χ4n) is 1.51. The van der Waals surface area contributed by atoms with E-state index in [4.69, 9.17) is 0 Å². The third-order valence-electron chi connectivity index (χ3n) is 2.27.